The SMILES string of the molecule is Cc1cc(C)c(S(=O)(=O)NCC2CCOC2C)c(C)c1N. The minimum Gasteiger partial charge on any atom is -0.398 e. The third-order valence-electron chi connectivity index (χ3n) is 4.30. The first-order chi connectivity index (χ1) is 9.74. The second-order valence-electron chi connectivity index (χ2n) is 5.85. The smallest absolute Gasteiger partial charge is 0.241 e. The molecule has 0 radical (unpaired) electrons. The summed E-state index contributed by atoms with van der Waals surface area (Å²) in [6, 6.07) is 1.82. The number of nitrogens with one attached hydrogen (secondary N) is 1. The normalized spacial score (nSPS) is 22.7. The predicted octanol–water partition coefficient (Wildman–Crippen LogP) is 1.90. The van der Waals surface area contributed by atoms with Gasteiger partial charge in [-0.25, -0.2) is 13.1 Å². The maximum absolute atomic E-state index is 12.6. The molecule has 0 amide bonds. The zero-order valence-electron chi connectivity index (χ0n) is 13.1. The van der Waals surface area contributed by atoms with Crippen LogP contribution < -0.4 is 10.5 Å². The highest BCUT2D eigenvalue weighted by Gasteiger charge is 2.27. The quantitative estimate of drug-likeness (QED) is 0.832. The van der Waals surface area contributed by atoms with Crippen molar-refractivity contribution in [3.05, 3.63) is 22.8 Å². The summed E-state index contributed by atoms with van der Waals surface area (Å²) >= 11 is 0. The molecule has 6 heteroatoms. The van der Waals surface area contributed by atoms with Gasteiger partial charge in [0.2, 0.25) is 10.0 Å². The van der Waals surface area contributed by atoms with Crippen LogP contribution in [0.3, 0.4) is 0 Å². The summed E-state index contributed by atoms with van der Waals surface area (Å²) in [6.07, 6.45) is 0.982. The van der Waals surface area contributed by atoms with Crippen molar-refractivity contribution in [1.29, 1.82) is 0 Å². The lowest BCUT2D eigenvalue weighted by Crippen LogP contribution is -2.33. The molecule has 1 saturated heterocycles. The zero-order chi connectivity index (χ0) is 15.8. The molecule has 3 N–H and O–H groups in total. The van der Waals surface area contributed by atoms with E-state index >= 15 is 0 Å². The first-order valence-corrected chi connectivity index (χ1v) is 8.70. The lowest BCUT2D eigenvalue weighted by atomic mass is 10.0. The molecule has 2 atom stereocenters. The number of hydrogen-bond donors (Lipinski definition) is 2. The second-order valence-corrected chi connectivity index (χ2v) is 7.56. The third-order valence-corrected chi connectivity index (χ3v) is 6.01. The Balaban J connectivity index is 2.26. The van der Waals surface area contributed by atoms with Gasteiger partial charge in [-0.2, -0.15) is 0 Å². The molecule has 0 saturated carbocycles. The van der Waals surface area contributed by atoms with E-state index in [1.54, 1.807) is 13.8 Å². The molecule has 1 heterocycles. The van der Waals surface area contributed by atoms with Gasteiger partial charge >= 0.3 is 0 Å². The monoisotopic (exact) mass is 312 g/mol. The van der Waals surface area contributed by atoms with Crippen molar-refractivity contribution < 1.29 is 13.2 Å². The zero-order valence-corrected chi connectivity index (χ0v) is 13.9. The lowest BCUT2D eigenvalue weighted by Gasteiger charge is -2.18. The number of sulfonamides is 1. The molecule has 1 aromatic rings. The largest absolute Gasteiger partial charge is 0.398 e. The van der Waals surface area contributed by atoms with E-state index in [0.717, 1.165) is 17.5 Å². The number of hydrogen-bond acceptors (Lipinski definition) is 4. The maximum atomic E-state index is 12.6. The van der Waals surface area contributed by atoms with Crippen molar-refractivity contribution in [2.75, 3.05) is 18.9 Å². The van der Waals surface area contributed by atoms with Crippen molar-refractivity contribution >= 4 is 15.7 Å². The number of aryl methyl sites for hydroxylation is 2. The number of rotatable bonds is 4. The van der Waals surface area contributed by atoms with Gasteiger partial charge in [0, 0.05) is 24.8 Å². The molecule has 2 unspecified atom stereocenters. The van der Waals surface area contributed by atoms with Crippen molar-refractivity contribution in [2.24, 2.45) is 5.92 Å². The fourth-order valence-corrected chi connectivity index (χ4v) is 4.50. The minimum absolute atomic E-state index is 0.0954. The Labute approximate surface area is 126 Å². The van der Waals surface area contributed by atoms with Gasteiger partial charge in [-0.3, -0.25) is 0 Å². The fraction of sp³-hybridized carbons (Fsp3) is 0.600. The number of benzene rings is 1. The average molecular weight is 312 g/mol. The molecule has 118 valence electrons. The van der Waals surface area contributed by atoms with E-state index in [0.29, 0.717) is 29.3 Å². The highest BCUT2D eigenvalue weighted by molar-refractivity contribution is 7.89. The van der Waals surface area contributed by atoms with Crippen LogP contribution in [0.5, 0.6) is 0 Å². The maximum Gasteiger partial charge on any atom is 0.241 e. The van der Waals surface area contributed by atoms with E-state index in [4.69, 9.17) is 10.5 Å². The van der Waals surface area contributed by atoms with Crippen LogP contribution in [0.1, 0.15) is 30.0 Å². The summed E-state index contributed by atoms with van der Waals surface area (Å²) in [5.74, 6) is 0.225. The molecule has 21 heavy (non-hydrogen) atoms. The molecular weight excluding hydrogens is 288 g/mol. The second kappa shape index (κ2) is 5.94. The summed E-state index contributed by atoms with van der Waals surface area (Å²) in [6.45, 7) is 8.52. The summed E-state index contributed by atoms with van der Waals surface area (Å²) in [5, 5.41) is 0. The van der Waals surface area contributed by atoms with Gasteiger partial charge in [0.05, 0.1) is 11.0 Å². The van der Waals surface area contributed by atoms with Crippen LogP contribution in [-0.4, -0.2) is 27.7 Å². The average Bonchev–Trinajstić information content (AvgIpc) is 2.79. The van der Waals surface area contributed by atoms with E-state index in [9.17, 15) is 8.42 Å². The van der Waals surface area contributed by atoms with Crippen LogP contribution in [0.25, 0.3) is 0 Å². The van der Waals surface area contributed by atoms with Gasteiger partial charge in [0.15, 0.2) is 0 Å². The van der Waals surface area contributed by atoms with Gasteiger partial charge in [0.1, 0.15) is 0 Å². The number of anilines is 1. The summed E-state index contributed by atoms with van der Waals surface area (Å²) in [4.78, 5) is 0.303. The number of nitrogen functional groups attached to an aromatic ring is 1. The fourth-order valence-electron chi connectivity index (χ4n) is 2.93. The summed E-state index contributed by atoms with van der Waals surface area (Å²) in [5.41, 5.74) is 8.77. The van der Waals surface area contributed by atoms with Crippen LogP contribution >= 0.6 is 0 Å². The molecule has 0 aromatic heterocycles. The highest BCUT2D eigenvalue weighted by Crippen LogP contribution is 2.28. The Morgan fingerprint density at radius 3 is 2.57 bits per heavy atom. The third kappa shape index (κ3) is 3.22. The van der Waals surface area contributed by atoms with E-state index in [1.165, 1.54) is 0 Å². The van der Waals surface area contributed by atoms with Crippen LogP contribution in [0.2, 0.25) is 0 Å². The molecule has 1 aliphatic rings. The van der Waals surface area contributed by atoms with Crippen molar-refractivity contribution in [3.8, 4) is 0 Å². The Morgan fingerprint density at radius 2 is 2.00 bits per heavy atom. The van der Waals surface area contributed by atoms with Gasteiger partial charge in [0.25, 0.3) is 0 Å². The molecule has 1 fully saturated rings. The van der Waals surface area contributed by atoms with Crippen LogP contribution in [0, 0.1) is 26.7 Å². The Morgan fingerprint density at radius 1 is 1.33 bits per heavy atom. The van der Waals surface area contributed by atoms with Crippen molar-refractivity contribution in [2.45, 2.75) is 45.1 Å². The molecule has 5 nitrogen and oxygen atoms in total. The molecule has 0 spiro atoms. The minimum atomic E-state index is -3.56. The Bertz CT molecular complexity index is 641. The first-order valence-electron chi connectivity index (χ1n) is 7.21. The van der Waals surface area contributed by atoms with Gasteiger partial charge < -0.3 is 10.5 Å². The molecule has 1 aliphatic heterocycles. The molecule has 2 rings (SSSR count). The topological polar surface area (TPSA) is 81.4 Å². The number of nitrogens with two attached hydrogens (primary N) is 1. The Hall–Kier alpha value is -1.11. The van der Waals surface area contributed by atoms with Crippen LogP contribution in [0.15, 0.2) is 11.0 Å². The van der Waals surface area contributed by atoms with Gasteiger partial charge in [-0.15, -0.1) is 0 Å². The molecule has 0 aliphatic carbocycles. The molecule has 1 aromatic carbocycles. The standard InChI is InChI=1S/C15H24N2O3S/c1-9-7-10(2)15(11(3)14(9)16)21(18,19)17-8-13-5-6-20-12(13)4/h7,12-13,17H,5-6,8,16H2,1-4H3. The van der Waals surface area contributed by atoms with E-state index in [2.05, 4.69) is 4.72 Å². The predicted molar refractivity (Wildman–Crippen MR) is 83.8 cm³/mol. The number of ether oxygens (including phenoxy) is 1. The lowest BCUT2D eigenvalue weighted by molar-refractivity contribution is 0.107. The van der Waals surface area contributed by atoms with Crippen molar-refractivity contribution in [3.63, 3.8) is 0 Å². The molecular formula is C15H24N2O3S. The van der Waals surface area contributed by atoms with E-state index in [-0.39, 0.29) is 12.0 Å². The summed E-state index contributed by atoms with van der Waals surface area (Å²) < 4.78 is 33.4. The van der Waals surface area contributed by atoms with Gasteiger partial charge in [-0.05, 0) is 50.8 Å². The first kappa shape index (κ1) is 16.3. The van der Waals surface area contributed by atoms with E-state index in [1.807, 2.05) is 19.9 Å². The van der Waals surface area contributed by atoms with Gasteiger partial charge in [-0.1, -0.05) is 6.07 Å². The van der Waals surface area contributed by atoms with Crippen molar-refractivity contribution in [1.82, 2.24) is 4.72 Å². The van der Waals surface area contributed by atoms with E-state index < -0.39 is 10.0 Å². The summed E-state index contributed by atoms with van der Waals surface area (Å²) in [7, 11) is -3.56. The van der Waals surface area contributed by atoms with Crippen LogP contribution in [0.4, 0.5) is 5.69 Å². The van der Waals surface area contributed by atoms with Crippen LogP contribution in [-0.2, 0) is 14.8 Å². The highest BCUT2D eigenvalue weighted by atomic mass is 32.2. The molecule has 0 bridgehead atoms. The Kier molecular flexibility index (Phi) is 4.60.